The molecule has 1 aromatic rings. The fraction of sp³-hybridized carbons (Fsp3) is 0.462. The van der Waals surface area contributed by atoms with Crippen molar-refractivity contribution in [3.63, 3.8) is 0 Å². The van der Waals surface area contributed by atoms with Gasteiger partial charge in [-0.15, -0.1) is 0 Å². The van der Waals surface area contributed by atoms with Crippen molar-refractivity contribution in [2.24, 2.45) is 4.99 Å². The number of fused-ring (bicyclic) bond motifs is 2. The van der Waals surface area contributed by atoms with Crippen LogP contribution in [0.5, 0.6) is 5.75 Å². The number of rotatable bonds is 0. The molecule has 3 rings (SSSR count). The first-order valence-electron chi connectivity index (χ1n) is 5.87. The fourth-order valence-corrected chi connectivity index (χ4v) is 2.57. The van der Waals surface area contributed by atoms with Gasteiger partial charge in [0, 0.05) is 16.3 Å². The number of hydrogen-bond donors (Lipinski definition) is 0. The van der Waals surface area contributed by atoms with Gasteiger partial charge in [0.05, 0.1) is 6.61 Å². The third-order valence-corrected chi connectivity index (χ3v) is 3.74. The molecule has 17 heavy (non-hydrogen) atoms. The molecule has 1 spiro atoms. The summed E-state index contributed by atoms with van der Waals surface area (Å²) in [5.74, 6) is 0.882. The van der Waals surface area contributed by atoms with E-state index in [0.717, 1.165) is 41.7 Å². The molecular weight excluding hydrogens is 282 g/mol. The van der Waals surface area contributed by atoms with Gasteiger partial charge in [-0.2, -0.15) is 0 Å². The number of ether oxygens (including phenoxy) is 2. The smallest absolute Gasteiger partial charge is 0.189 e. The van der Waals surface area contributed by atoms with Crippen LogP contribution in [0.15, 0.2) is 27.7 Å². The third-order valence-electron chi connectivity index (χ3n) is 3.24. The van der Waals surface area contributed by atoms with Crippen molar-refractivity contribution in [3.8, 4) is 5.75 Å². The highest BCUT2D eigenvalue weighted by Crippen LogP contribution is 2.44. The van der Waals surface area contributed by atoms with Gasteiger partial charge in [0.2, 0.25) is 0 Å². The van der Waals surface area contributed by atoms with Crippen molar-refractivity contribution < 1.29 is 9.47 Å². The largest absolute Gasteiger partial charge is 0.467 e. The van der Waals surface area contributed by atoms with E-state index in [1.165, 1.54) is 0 Å². The first kappa shape index (κ1) is 11.2. The van der Waals surface area contributed by atoms with E-state index in [-0.39, 0.29) is 5.54 Å². The molecule has 3 nitrogen and oxygen atoms in total. The lowest BCUT2D eigenvalue weighted by Crippen LogP contribution is -2.16. The van der Waals surface area contributed by atoms with Crippen molar-refractivity contribution in [2.45, 2.75) is 24.8 Å². The van der Waals surface area contributed by atoms with Crippen LogP contribution < -0.4 is 4.74 Å². The first-order valence-corrected chi connectivity index (χ1v) is 6.66. The second-order valence-electron chi connectivity index (χ2n) is 4.45. The molecule has 0 bridgehead atoms. The Hall–Kier alpha value is -0.870. The van der Waals surface area contributed by atoms with Crippen LogP contribution in [0.2, 0.25) is 0 Å². The van der Waals surface area contributed by atoms with Crippen LogP contribution >= 0.6 is 15.9 Å². The Morgan fingerprint density at radius 3 is 3.00 bits per heavy atom. The highest BCUT2D eigenvalue weighted by molar-refractivity contribution is 9.10. The minimum absolute atomic E-state index is 0.101. The second-order valence-corrected chi connectivity index (χ2v) is 5.37. The van der Waals surface area contributed by atoms with Crippen molar-refractivity contribution in [3.05, 3.63) is 28.2 Å². The quantitative estimate of drug-likeness (QED) is 0.735. The summed E-state index contributed by atoms with van der Waals surface area (Å²) in [5, 5.41) is 0. The maximum atomic E-state index is 5.67. The van der Waals surface area contributed by atoms with Gasteiger partial charge >= 0.3 is 0 Å². The summed E-state index contributed by atoms with van der Waals surface area (Å²) >= 11 is 3.51. The number of aliphatic imine (C=N–C) groups is 1. The Balaban J connectivity index is 1.96. The van der Waals surface area contributed by atoms with E-state index in [1.54, 1.807) is 0 Å². The van der Waals surface area contributed by atoms with Gasteiger partial charge in [-0.1, -0.05) is 15.9 Å². The SMILES string of the molecule is Brc1ccc2c(c1)C1(C=N1)CCCCOCO2. The standard InChI is InChI=1S/C13H14BrNO2/c14-10-3-4-12-11(7-10)13(8-15-13)5-1-2-6-16-9-17-12/h3-4,7-8H,1-2,5-6,9H2. The van der Waals surface area contributed by atoms with Gasteiger partial charge in [0.25, 0.3) is 0 Å². The lowest BCUT2D eigenvalue weighted by atomic mass is 9.91. The first-order chi connectivity index (χ1) is 8.30. The molecule has 2 heterocycles. The number of hydrogen-bond acceptors (Lipinski definition) is 3. The summed E-state index contributed by atoms with van der Waals surface area (Å²) < 4.78 is 12.1. The molecule has 0 radical (unpaired) electrons. The molecule has 2 aliphatic rings. The summed E-state index contributed by atoms with van der Waals surface area (Å²) in [4.78, 5) is 4.48. The van der Waals surface area contributed by atoms with Crippen molar-refractivity contribution >= 4 is 22.1 Å². The molecule has 90 valence electrons. The van der Waals surface area contributed by atoms with Gasteiger partial charge in [-0.05, 0) is 37.5 Å². The molecule has 2 aliphatic heterocycles. The van der Waals surface area contributed by atoms with E-state index in [4.69, 9.17) is 9.47 Å². The minimum Gasteiger partial charge on any atom is -0.467 e. The van der Waals surface area contributed by atoms with Gasteiger partial charge in [0.1, 0.15) is 11.3 Å². The summed E-state index contributed by atoms with van der Waals surface area (Å²) in [7, 11) is 0. The monoisotopic (exact) mass is 295 g/mol. The maximum Gasteiger partial charge on any atom is 0.189 e. The molecule has 0 fully saturated rings. The molecule has 1 atom stereocenters. The number of halogens is 1. The van der Waals surface area contributed by atoms with Crippen molar-refractivity contribution in [1.29, 1.82) is 0 Å². The third kappa shape index (κ3) is 2.24. The Morgan fingerprint density at radius 1 is 1.29 bits per heavy atom. The molecule has 1 aromatic carbocycles. The number of nitrogens with zero attached hydrogens (tertiary/aromatic N) is 1. The lowest BCUT2D eigenvalue weighted by molar-refractivity contribution is 0.0110. The predicted octanol–water partition coefficient (Wildman–Crippen LogP) is 3.27. The van der Waals surface area contributed by atoms with E-state index >= 15 is 0 Å². The maximum absolute atomic E-state index is 5.67. The average Bonchev–Trinajstić information content (AvgIpc) is 3.10. The molecular formula is C13H14BrNO2. The van der Waals surface area contributed by atoms with E-state index in [0.29, 0.717) is 6.79 Å². The Kier molecular flexibility index (Phi) is 2.92. The molecule has 0 aromatic heterocycles. The van der Waals surface area contributed by atoms with Crippen LogP contribution in [-0.4, -0.2) is 19.6 Å². The normalized spacial score (nSPS) is 27.4. The number of benzene rings is 1. The average molecular weight is 296 g/mol. The van der Waals surface area contributed by atoms with Gasteiger partial charge in [-0.25, -0.2) is 0 Å². The molecule has 0 aliphatic carbocycles. The van der Waals surface area contributed by atoms with Crippen LogP contribution in [0.4, 0.5) is 0 Å². The fourth-order valence-electron chi connectivity index (χ4n) is 2.21. The van der Waals surface area contributed by atoms with Gasteiger partial charge < -0.3 is 9.47 Å². The van der Waals surface area contributed by atoms with E-state index < -0.39 is 0 Å². The Morgan fingerprint density at radius 2 is 2.18 bits per heavy atom. The minimum atomic E-state index is -0.101. The molecule has 1 unspecified atom stereocenters. The summed E-state index contributed by atoms with van der Waals surface area (Å²) in [6.07, 6.45) is 5.27. The van der Waals surface area contributed by atoms with Crippen LogP contribution in [0, 0.1) is 0 Å². The van der Waals surface area contributed by atoms with Crippen molar-refractivity contribution in [1.82, 2.24) is 0 Å². The highest BCUT2D eigenvalue weighted by Gasteiger charge is 2.40. The predicted molar refractivity (Wildman–Crippen MR) is 69.6 cm³/mol. The van der Waals surface area contributed by atoms with E-state index in [1.807, 2.05) is 18.3 Å². The van der Waals surface area contributed by atoms with Crippen LogP contribution in [0.3, 0.4) is 0 Å². The molecule has 0 saturated heterocycles. The van der Waals surface area contributed by atoms with Gasteiger partial charge in [0.15, 0.2) is 6.79 Å². The zero-order valence-corrected chi connectivity index (χ0v) is 11.1. The topological polar surface area (TPSA) is 30.8 Å². The van der Waals surface area contributed by atoms with Crippen molar-refractivity contribution in [2.75, 3.05) is 13.4 Å². The Labute approximate surface area is 109 Å². The zero-order valence-electron chi connectivity index (χ0n) is 9.49. The second kappa shape index (κ2) is 4.42. The van der Waals surface area contributed by atoms with Gasteiger partial charge in [-0.3, -0.25) is 4.99 Å². The van der Waals surface area contributed by atoms with E-state index in [9.17, 15) is 0 Å². The summed E-state index contributed by atoms with van der Waals surface area (Å²) in [5.41, 5.74) is 1.05. The van der Waals surface area contributed by atoms with Crippen LogP contribution in [0.25, 0.3) is 0 Å². The van der Waals surface area contributed by atoms with E-state index in [2.05, 4.69) is 27.0 Å². The zero-order chi connectivity index (χ0) is 11.7. The molecule has 0 saturated carbocycles. The summed E-state index contributed by atoms with van der Waals surface area (Å²) in [6, 6.07) is 6.07. The molecule has 0 amide bonds. The van der Waals surface area contributed by atoms with Crippen LogP contribution in [0.1, 0.15) is 24.8 Å². The molecule has 4 heteroatoms. The summed E-state index contributed by atoms with van der Waals surface area (Å²) in [6.45, 7) is 1.09. The Bertz CT molecular complexity index is 453. The van der Waals surface area contributed by atoms with Crippen LogP contribution in [-0.2, 0) is 10.3 Å². The highest BCUT2D eigenvalue weighted by atomic mass is 79.9. The lowest BCUT2D eigenvalue weighted by Gasteiger charge is -2.20. The molecule has 0 N–H and O–H groups in total.